The van der Waals surface area contributed by atoms with E-state index >= 15 is 0 Å². The van der Waals surface area contributed by atoms with E-state index in [0.717, 1.165) is 22.9 Å². The van der Waals surface area contributed by atoms with Crippen molar-refractivity contribution in [2.24, 2.45) is 0 Å². The molecule has 0 aliphatic rings. The Morgan fingerprint density at radius 1 is 0.941 bits per heavy atom. The number of amides is 1. The van der Waals surface area contributed by atoms with Crippen LogP contribution in [0.4, 0.5) is 13.6 Å². The van der Waals surface area contributed by atoms with Gasteiger partial charge < -0.3 is 18.9 Å². The fourth-order valence-electron chi connectivity index (χ4n) is 4.13. The van der Waals surface area contributed by atoms with Crippen LogP contribution < -0.4 is 9.47 Å². The predicted octanol–water partition coefficient (Wildman–Crippen LogP) is 6.48. The first kappa shape index (κ1) is 23.3. The minimum absolute atomic E-state index is 0.240. The van der Waals surface area contributed by atoms with Gasteiger partial charge in [-0.1, -0.05) is 18.2 Å². The van der Waals surface area contributed by atoms with Crippen molar-refractivity contribution in [1.82, 2.24) is 9.47 Å². The third kappa shape index (κ3) is 4.59. The number of methoxy groups -OCH3 is 1. The summed E-state index contributed by atoms with van der Waals surface area (Å²) in [5.41, 5.74) is 2.56. The third-order valence-corrected chi connectivity index (χ3v) is 5.82. The van der Waals surface area contributed by atoms with E-state index in [1.54, 1.807) is 13.2 Å². The van der Waals surface area contributed by atoms with E-state index in [0.29, 0.717) is 36.1 Å². The Balaban J connectivity index is 1.85. The van der Waals surface area contributed by atoms with Crippen LogP contribution in [-0.4, -0.2) is 35.8 Å². The molecule has 0 saturated heterocycles. The molecule has 0 saturated carbocycles. The lowest BCUT2D eigenvalue weighted by atomic mass is 10.00. The summed E-state index contributed by atoms with van der Waals surface area (Å²) in [6.07, 6.45) is 1.38. The van der Waals surface area contributed by atoms with Crippen molar-refractivity contribution < 1.29 is 23.0 Å². The lowest BCUT2D eigenvalue weighted by Crippen LogP contribution is -2.33. The third-order valence-electron chi connectivity index (χ3n) is 5.82. The highest BCUT2D eigenvalue weighted by Crippen LogP contribution is 2.39. The van der Waals surface area contributed by atoms with Gasteiger partial charge in [0.15, 0.2) is 0 Å². The molecule has 0 fully saturated rings. The second kappa shape index (κ2) is 9.95. The fraction of sp³-hybridized carbons (Fsp3) is 0.222. The molecule has 1 aromatic heterocycles. The van der Waals surface area contributed by atoms with Crippen LogP contribution in [0.1, 0.15) is 19.4 Å². The Labute approximate surface area is 197 Å². The minimum Gasteiger partial charge on any atom is -0.496 e. The predicted molar refractivity (Wildman–Crippen MR) is 128 cm³/mol. The van der Waals surface area contributed by atoms with Gasteiger partial charge in [0, 0.05) is 47.4 Å². The molecule has 0 N–H and O–H groups in total. The first-order valence-corrected chi connectivity index (χ1v) is 11.1. The Bertz CT molecular complexity index is 1310. The highest BCUT2D eigenvalue weighted by Gasteiger charge is 2.20. The van der Waals surface area contributed by atoms with E-state index < -0.39 is 17.7 Å². The molecule has 1 amide bonds. The van der Waals surface area contributed by atoms with Crippen LogP contribution in [0.5, 0.6) is 11.5 Å². The quantitative estimate of drug-likeness (QED) is 0.314. The molecule has 176 valence electrons. The van der Waals surface area contributed by atoms with Crippen LogP contribution in [0.2, 0.25) is 0 Å². The van der Waals surface area contributed by atoms with Gasteiger partial charge >= 0.3 is 6.09 Å². The van der Waals surface area contributed by atoms with Crippen LogP contribution in [0.15, 0.2) is 66.9 Å². The van der Waals surface area contributed by atoms with Crippen LogP contribution in [0.3, 0.4) is 0 Å². The maximum absolute atomic E-state index is 14.1. The van der Waals surface area contributed by atoms with Gasteiger partial charge in [-0.25, -0.2) is 13.6 Å². The number of halogens is 2. The first-order valence-electron chi connectivity index (χ1n) is 11.1. The number of hydrogen-bond donors (Lipinski definition) is 0. The van der Waals surface area contributed by atoms with Crippen molar-refractivity contribution in [3.63, 3.8) is 0 Å². The Hall–Kier alpha value is -3.87. The molecule has 0 spiro atoms. The molecule has 5 nitrogen and oxygen atoms in total. The molecule has 0 atom stereocenters. The van der Waals surface area contributed by atoms with Gasteiger partial charge in [0.25, 0.3) is 0 Å². The zero-order chi connectivity index (χ0) is 24.2. The zero-order valence-corrected chi connectivity index (χ0v) is 19.3. The fourth-order valence-corrected chi connectivity index (χ4v) is 4.13. The van der Waals surface area contributed by atoms with Gasteiger partial charge in [0.05, 0.1) is 13.7 Å². The van der Waals surface area contributed by atoms with Crippen LogP contribution in [0, 0.1) is 11.6 Å². The molecule has 3 aromatic carbocycles. The minimum atomic E-state index is -0.707. The highest BCUT2D eigenvalue weighted by atomic mass is 19.1. The average molecular weight is 465 g/mol. The Kier molecular flexibility index (Phi) is 6.82. The number of fused-ring (bicyclic) bond motifs is 1. The molecule has 0 unspecified atom stereocenters. The molecule has 4 rings (SSSR count). The normalized spacial score (nSPS) is 11.0. The SMILES string of the molecule is CCN(CC)C(=O)Oc1ccc2c(ccn2Cc2ccccc2OC)c1-c1cc(F)cc(F)c1. The highest BCUT2D eigenvalue weighted by molar-refractivity contribution is 5.99. The summed E-state index contributed by atoms with van der Waals surface area (Å²) in [5, 5.41) is 0.713. The number of rotatable bonds is 7. The molecule has 0 aliphatic heterocycles. The maximum atomic E-state index is 14.1. The van der Waals surface area contributed by atoms with Crippen LogP contribution in [0.25, 0.3) is 22.0 Å². The van der Waals surface area contributed by atoms with Gasteiger partial charge in [-0.3, -0.25) is 0 Å². The van der Waals surface area contributed by atoms with Gasteiger partial charge in [-0.05, 0) is 55.8 Å². The second-order valence-corrected chi connectivity index (χ2v) is 7.83. The standard InChI is InChI=1S/C27H26F2N2O3/c1-4-30(5-2)27(32)34-25-11-10-23-22(26(25)19-14-20(28)16-21(29)15-19)12-13-31(23)17-18-8-6-7-9-24(18)33-3/h6-16H,4-5,17H2,1-3H3. The van der Waals surface area contributed by atoms with E-state index in [9.17, 15) is 13.6 Å². The molecular weight excluding hydrogens is 438 g/mol. The van der Waals surface area contributed by atoms with E-state index in [1.807, 2.05) is 61.0 Å². The van der Waals surface area contributed by atoms with E-state index in [-0.39, 0.29) is 5.75 Å². The van der Waals surface area contributed by atoms with E-state index in [2.05, 4.69) is 0 Å². The van der Waals surface area contributed by atoms with Crippen LogP contribution >= 0.6 is 0 Å². The summed E-state index contributed by atoms with van der Waals surface area (Å²) >= 11 is 0. The first-order chi connectivity index (χ1) is 16.4. The van der Waals surface area contributed by atoms with Crippen molar-refractivity contribution >= 4 is 17.0 Å². The molecule has 0 aliphatic carbocycles. The van der Waals surface area contributed by atoms with Gasteiger partial charge in [0.1, 0.15) is 23.1 Å². The van der Waals surface area contributed by atoms with Crippen molar-refractivity contribution in [1.29, 1.82) is 0 Å². The van der Waals surface area contributed by atoms with Gasteiger partial charge in [-0.15, -0.1) is 0 Å². The molecule has 34 heavy (non-hydrogen) atoms. The number of ether oxygens (including phenoxy) is 2. The Morgan fingerprint density at radius 3 is 2.32 bits per heavy atom. The number of hydrogen-bond acceptors (Lipinski definition) is 3. The number of carbonyl (C=O) groups excluding carboxylic acids is 1. The zero-order valence-electron chi connectivity index (χ0n) is 19.3. The number of benzene rings is 3. The number of para-hydroxylation sites is 1. The van der Waals surface area contributed by atoms with E-state index in [1.165, 1.54) is 17.0 Å². The van der Waals surface area contributed by atoms with E-state index in [4.69, 9.17) is 9.47 Å². The second-order valence-electron chi connectivity index (χ2n) is 7.83. The van der Waals surface area contributed by atoms with Crippen molar-refractivity contribution in [3.05, 3.63) is 84.1 Å². The monoisotopic (exact) mass is 464 g/mol. The number of nitrogens with zero attached hydrogens (tertiary/aromatic N) is 2. The topological polar surface area (TPSA) is 43.7 Å². The molecule has 7 heteroatoms. The summed E-state index contributed by atoms with van der Waals surface area (Å²) in [7, 11) is 1.62. The van der Waals surface area contributed by atoms with Crippen molar-refractivity contribution in [3.8, 4) is 22.6 Å². The van der Waals surface area contributed by atoms with Gasteiger partial charge in [-0.2, -0.15) is 0 Å². The Morgan fingerprint density at radius 2 is 1.65 bits per heavy atom. The lowest BCUT2D eigenvalue weighted by molar-refractivity contribution is 0.157. The summed E-state index contributed by atoms with van der Waals surface area (Å²) in [4.78, 5) is 14.2. The molecule has 1 heterocycles. The number of aromatic nitrogens is 1. The summed E-state index contributed by atoms with van der Waals surface area (Å²) < 4.78 is 41.5. The largest absolute Gasteiger partial charge is 0.496 e. The lowest BCUT2D eigenvalue weighted by Gasteiger charge is -2.20. The molecule has 0 bridgehead atoms. The molecule has 0 radical (unpaired) electrons. The van der Waals surface area contributed by atoms with Crippen LogP contribution in [-0.2, 0) is 6.54 Å². The summed E-state index contributed by atoms with van der Waals surface area (Å²) in [5.74, 6) is -0.408. The summed E-state index contributed by atoms with van der Waals surface area (Å²) in [6, 6.07) is 16.4. The smallest absolute Gasteiger partial charge is 0.415 e. The van der Waals surface area contributed by atoms with Gasteiger partial charge in [0.2, 0.25) is 0 Å². The van der Waals surface area contributed by atoms with Crippen molar-refractivity contribution in [2.45, 2.75) is 20.4 Å². The number of carbonyl (C=O) groups is 1. The molecule has 4 aromatic rings. The molecular formula is C27H26F2N2O3. The summed E-state index contributed by atoms with van der Waals surface area (Å²) in [6.45, 7) is 5.21. The van der Waals surface area contributed by atoms with Crippen molar-refractivity contribution in [2.75, 3.05) is 20.2 Å². The maximum Gasteiger partial charge on any atom is 0.415 e. The average Bonchev–Trinajstić information content (AvgIpc) is 3.22.